The molecule has 14 heteroatoms. The molecule has 0 aliphatic heterocycles. The Morgan fingerprint density at radius 2 is 1.66 bits per heavy atom. The van der Waals surface area contributed by atoms with E-state index in [-0.39, 0.29) is 32.8 Å². The Morgan fingerprint density at radius 1 is 0.960 bits per heavy atom. The zero-order chi connectivity index (χ0) is 36.6. The molecule has 0 spiro atoms. The summed E-state index contributed by atoms with van der Waals surface area (Å²) in [4.78, 5) is 26.3. The van der Waals surface area contributed by atoms with Crippen molar-refractivity contribution in [3.8, 4) is 12.1 Å². The van der Waals surface area contributed by atoms with Crippen LogP contribution in [-0.2, 0) is 28.5 Å². The number of allylic oxidation sites excluding steroid dienone is 2. The highest BCUT2D eigenvalue weighted by Gasteiger charge is 2.21. The number of aliphatic hydroxyl groups excluding tert-OH is 1. The van der Waals surface area contributed by atoms with Gasteiger partial charge in [-0.25, -0.2) is 0 Å². The highest BCUT2D eigenvalue weighted by Crippen LogP contribution is 2.32. The van der Waals surface area contributed by atoms with Crippen LogP contribution in [0.4, 0.5) is 16.4 Å². The van der Waals surface area contributed by atoms with Gasteiger partial charge < -0.3 is 34.1 Å². The number of carboxylic acid groups (broad SMARTS) is 1. The second-order valence-electron chi connectivity index (χ2n) is 11.4. The minimum absolute atomic E-state index is 0.0345. The van der Waals surface area contributed by atoms with Crippen LogP contribution in [0.5, 0.6) is 0 Å². The number of aryl methyl sites for hydroxylation is 1. The Morgan fingerprint density at radius 3 is 2.30 bits per heavy atom. The van der Waals surface area contributed by atoms with E-state index in [4.69, 9.17) is 24.1 Å². The summed E-state index contributed by atoms with van der Waals surface area (Å²) in [6.07, 6.45) is 8.16. The van der Waals surface area contributed by atoms with E-state index in [1.807, 2.05) is 37.3 Å². The average Bonchev–Trinajstić information content (AvgIpc) is 3.42. The second kappa shape index (κ2) is 24.9. The number of nitrogens with one attached hydrogen (secondary N) is 2. The van der Waals surface area contributed by atoms with Crippen LogP contribution in [0.3, 0.4) is 0 Å². The van der Waals surface area contributed by atoms with Gasteiger partial charge in [0.05, 0.1) is 69.8 Å². The van der Waals surface area contributed by atoms with Gasteiger partial charge in [0.25, 0.3) is 0 Å². The molecule has 0 aliphatic carbocycles. The molecule has 50 heavy (non-hydrogen) atoms. The van der Waals surface area contributed by atoms with Crippen molar-refractivity contribution in [3.05, 3.63) is 51.9 Å². The van der Waals surface area contributed by atoms with E-state index in [2.05, 4.69) is 34.8 Å². The van der Waals surface area contributed by atoms with Crippen molar-refractivity contribution < 1.29 is 38.7 Å². The number of unbranched alkanes of at least 4 members (excludes halogenated alkanes) is 3. The van der Waals surface area contributed by atoms with Crippen LogP contribution in [0.1, 0.15) is 67.0 Å². The number of aliphatic carboxylic acids is 1. The number of esters is 1. The molecule has 2 rings (SSSR count). The quantitative estimate of drug-likeness (QED) is 0.0391. The fourth-order valence-electron chi connectivity index (χ4n) is 4.80. The maximum atomic E-state index is 12.1. The van der Waals surface area contributed by atoms with Gasteiger partial charge in [0, 0.05) is 18.8 Å². The minimum atomic E-state index is -1.02. The predicted molar refractivity (Wildman–Crippen MR) is 193 cm³/mol. The monoisotopic (exact) mass is 713 g/mol. The number of anilines is 3. The molecule has 1 aromatic carbocycles. The summed E-state index contributed by atoms with van der Waals surface area (Å²) in [5.74, 6) is -2.39. The first-order valence-corrected chi connectivity index (χ1v) is 17.8. The maximum absolute atomic E-state index is 12.1. The predicted octanol–water partition coefficient (Wildman–Crippen LogP) is 5.56. The number of nitriles is 2. The SMILES string of the molecule is CCCCC/C=C/CC(CC(=O)OCCOCCOCCN(CCOCCO)c1ccc(NNc2sc(C#N)c(C)c2C#N)c(C)c1)C(=O)O. The molecule has 0 aliphatic rings. The van der Waals surface area contributed by atoms with Gasteiger partial charge in [-0.15, -0.1) is 11.3 Å². The van der Waals surface area contributed by atoms with Crippen molar-refractivity contribution in [2.75, 3.05) is 81.7 Å². The zero-order valence-corrected chi connectivity index (χ0v) is 30.2. The van der Waals surface area contributed by atoms with Gasteiger partial charge in [0.1, 0.15) is 28.6 Å². The van der Waals surface area contributed by atoms with Crippen molar-refractivity contribution in [2.45, 2.75) is 59.3 Å². The number of rotatable bonds is 27. The molecule has 1 aromatic heterocycles. The normalized spacial score (nSPS) is 11.6. The first-order valence-electron chi connectivity index (χ1n) is 16.9. The van der Waals surface area contributed by atoms with E-state index < -0.39 is 17.9 Å². The number of ether oxygens (including phenoxy) is 4. The summed E-state index contributed by atoms with van der Waals surface area (Å²) in [5, 5.41) is 37.9. The molecule has 0 amide bonds. The average molecular weight is 714 g/mol. The van der Waals surface area contributed by atoms with Gasteiger partial charge in [0.15, 0.2) is 0 Å². The molecule has 4 N–H and O–H groups in total. The van der Waals surface area contributed by atoms with Crippen molar-refractivity contribution >= 4 is 39.7 Å². The van der Waals surface area contributed by atoms with Crippen LogP contribution in [0.25, 0.3) is 0 Å². The number of hydrazine groups is 1. The number of carboxylic acids is 1. The highest BCUT2D eigenvalue weighted by molar-refractivity contribution is 7.17. The van der Waals surface area contributed by atoms with Gasteiger partial charge in [-0.1, -0.05) is 31.9 Å². The van der Waals surface area contributed by atoms with Gasteiger partial charge >= 0.3 is 11.9 Å². The summed E-state index contributed by atoms with van der Waals surface area (Å²) in [7, 11) is 0. The van der Waals surface area contributed by atoms with E-state index in [9.17, 15) is 25.2 Å². The van der Waals surface area contributed by atoms with Gasteiger partial charge in [-0.05, 0) is 62.4 Å². The Balaban J connectivity index is 1.75. The maximum Gasteiger partial charge on any atom is 0.307 e. The molecule has 0 radical (unpaired) electrons. The third-order valence-corrected chi connectivity index (χ3v) is 8.79. The van der Waals surface area contributed by atoms with E-state index in [0.717, 1.165) is 42.6 Å². The van der Waals surface area contributed by atoms with Crippen molar-refractivity contribution in [1.82, 2.24) is 0 Å². The van der Waals surface area contributed by atoms with Crippen LogP contribution in [0.2, 0.25) is 0 Å². The lowest BCUT2D eigenvalue weighted by atomic mass is 10.0. The van der Waals surface area contributed by atoms with Crippen LogP contribution in [-0.4, -0.2) is 88.1 Å². The smallest absolute Gasteiger partial charge is 0.307 e. The number of carbonyl (C=O) groups is 2. The fraction of sp³-hybridized carbons (Fsp3) is 0.556. The van der Waals surface area contributed by atoms with Crippen LogP contribution in [0.15, 0.2) is 30.4 Å². The minimum Gasteiger partial charge on any atom is -0.481 e. The number of aliphatic hydroxyl groups is 1. The second-order valence-corrected chi connectivity index (χ2v) is 12.5. The van der Waals surface area contributed by atoms with Gasteiger partial charge in [0.2, 0.25) is 0 Å². The molecule has 2 aromatic rings. The molecular formula is C36H51N5O8S. The Hall–Kier alpha value is -4.18. The van der Waals surface area contributed by atoms with E-state index in [1.54, 1.807) is 6.92 Å². The third kappa shape index (κ3) is 15.6. The van der Waals surface area contributed by atoms with Crippen LogP contribution >= 0.6 is 11.3 Å². The molecule has 274 valence electrons. The van der Waals surface area contributed by atoms with E-state index in [1.165, 1.54) is 11.3 Å². The lowest BCUT2D eigenvalue weighted by Crippen LogP contribution is -2.31. The molecule has 0 fully saturated rings. The van der Waals surface area contributed by atoms with Crippen molar-refractivity contribution in [2.24, 2.45) is 5.92 Å². The summed E-state index contributed by atoms with van der Waals surface area (Å²) in [5.41, 5.74) is 10.0. The first kappa shape index (κ1) is 42.0. The molecule has 1 heterocycles. The number of benzene rings is 1. The zero-order valence-electron chi connectivity index (χ0n) is 29.4. The molecule has 0 saturated heterocycles. The number of nitrogens with zero attached hydrogens (tertiary/aromatic N) is 3. The first-order chi connectivity index (χ1) is 24.2. The largest absolute Gasteiger partial charge is 0.481 e. The van der Waals surface area contributed by atoms with Gasteiger partial charge in [-0.3, -0.25) is 20.4 Å². The van der Waals surface area contributed by atoms with Crippen molar-refractivity contribution in [3.63, 3.8) is 0 Å². The molecule has 13 nitrogen and oxygen atoms in total. The molecular weight excluding hydrogens is 662 g/mol. The Kier molecular flexibility index (Phi) is 20.9. The number of hydrogen-bond acceptors (Lipinski definition) is 13. The van der Waals surface area contributed by atoms with E-state index >= 15 is 0 Å². The number of hydrogen-bond donors (Lipinski definition) is 4. The Bertz CT molecular complexity index is 1430. The number of thiophene rings is 1. The van der Waals surface area contributed by atoms with Crippen LogP contribution in [0, 0.1) is 42.4 Å². The molecule has 0 saturated carbocycles. The van der Waals surface area contributed by atoms with E-state index in [0.29, 0.717) is 66.9 Å². The summed E-state index contributed by atoms with van der Waals surface area (Å²) < 4.78 is 21.9. The lowest BCUT2D eigenvalue weighted by Gasteiger charge is -2.26. The van der Waals surface area contributed by atoms with Gasteiger partial charge in [-0.2, -0.15) is 10.5 Å². The number of carbonyl (C=O) groups excluding carboxylic acids is 1. The molecule has 0 bridgehead atoms. The lowest BCUT2D eigenvalue weighted by molar-refractivity contribution is -0.152. The van der Waals surface area contributed by atoms with Crippen LogP contribution < -0.4 is 15.8 Å². The summed E-state index contributed by atoms with van der Waals surface area (Å²) >= 11 is 1.22. The summed E-state index contributed by atoms with van der Waals surface area (Å²) in [6.45, 7) is 8.87. The molecule has 1 atom stereocenters. The van der Waals surface area contributed by atoms with Crippen molar-refractivity contribution in [1.29, 1.82) is 10.5 Å². The molecule has 1 unspecified atom stereocenters. The third-order valence-electron chi connectivity index (χ3n) is 7.68. The topological polar surface area (TPSA) is 186 Å². The summed E-state index contributed by atoms with van der Waals surface area (Å²) in [6, 6.07) is 10.2. The highest BCUT2D eigenvalue weighted by atomic mass is 32.1. The fourth-order valence-corrected chi connectivity index (χ4v) is 5.70. The standard InChI is InChI=1S/C36H51N5O8S/c1-4-5-6-7-8-9-10-29(36(44)45)24-34(43)49-22-21-48-20-19-47-17-14-41(13-16-46-18-15-42)30-11-12-32(27(2)23-30)39-40-35-31(25-37)28(3)33(26-38)50-35/h8-9,11-12,23,29,39-40,42H,4-7,10,13-22,24H2,1-3H3,(H,44,45)/b9-8+. The Labute approximate surface area is 299 Å².